The third kappa shape index (κ3) is 3.80. The van der Waals surface area contributed by atoms with Crippen LogP contribution in [0.4, 0.5) is 0 Å². The molecule has 2 heterocycles. The fraction of sp³-hybridized carbons (Fsp3) is 0.615. The summed E-state index contributed by atoms with van der Waals surface area (Å²) in [6, 6.07) is 2.04. The Kier molecular flexibility index (Phi) is 5.21. The zero-order valence-electron chi connectivity index (χ0n) is 10.5. The number of hydrogen-bond acceptors (Lipinski definition) is 3. The van der Waals surface area contributed by atoms with Gasteiger partial charge in [0, 0.05) is 14.7 Å². The Morgan fingerprint density at radius 1 is 1.67 bits per heavy atom. The lowest BCUT2D eigenvalue weighted by molar-refractivity contribution is -0.124. The Hall–Kier alpha value is -0.390. The van der Waals surface area contributed by atoms with Crippen LogP contribution in [0.1, 0.15) is 31.1 Å². The first kappa shape index (κ1) is 14.0. The van der Waals surface area contributed by atoms with Gasteiger partial charge in [0.05, 0.1) is 12.6 Å². The molecule has 2 N–H and O–H groups in total. The van der Waals surface area contributed by atoms with Gasteiger partial charge in [-0.05, 0) is 47.3 Å². The van der Waals surface area contributed by atoms with E-state index in [9.17, 15) is 4.79 Å². The summed E-state index contributed by atoms with van der Waals surface area (Å²) < 4.78 is 1.08. The van der Waals surface area contributed by atoms with Crippen LogP contribution in [0, 0.1) is 5.92 Å². The van der Waals surface area contributed by atoms with Crippen molar-refractivity contribution in [2.75, 3.05) is 6.54 Å². The molecule has 2 atom stereocenters. The van der Waals surface area contributed by atoms with E-state index in [4.69, 9.17) is 0 Å². The van der Waals surface area contributed by atoms with Crippen molar-refractivity contribution in [3.63, 3.8) is 0 Å². The highest BCUT2D eigenvalue weighted by atomic mass is 79.9. The molecule has 100 valence electrons. The molecule has 2 rings (SSSR count). The second-order valence-corrected chi connectivity index (χ2v) is 6.67. The molecule has 0 saturated carbocycles. The van der Waals surface area contributed by atoms with E-state index < -0.39 is 0 Å². The monoisotopic (exact) mass is 330 g/mol. The van der Waals surface area contributed by atoms with Crippen LogP contribution in [0.3, 0.4) is 0 Å². The number of carbonyl (C=O) groups is 1. The molecule has 3 nitrogen and oxygen atoms in total. The first-order valence-corrected chi connectivity index (χ1v) is 8.10. The lowest BCUT2D eigenvalue weighted by Gasteiger charge is -2.28. The predicted molar refractivity (Wildman–Crippen MR) is 78.7 cm³/mol. The molecular weight excluding hydrogens is 312 g/mol. The maximum atomic E-state index is 12.1. The van der Waals surface area contributed by atoms with Gasteiger partial charge in [-0.3, -0.25) is 4.79 Å². The van der Waals surface area contributed by atoms with Crippen LogP contribution < -0.4 is 10.6 Å². The van der Waals surface area contributed by atoms with E-state index in [1.807, 2.05) is 11.4 Å². The summed E-state index contributed by atoms with van der Waals surface area (Å²) in [7, 11) is 0. The van der Waals surface area contributed by atoms with E-state index >= 15 is 0 Å². The molecular formula is C13H19BrN2OS. The molecule has 1 aliphatic rings. The second kappa shape index (κ2) is 6.68. The molecule has 1 fully saturated rings. The molecule has 1 amide bonds. The van der Waals surface area contributed by atoms with E-state index in [2.05, 4.69) is 33.5 Å². The highest BCUT2D eigenvalue weighted by Crippen LogP contribution is 2.21. The number of carbonyl (C=O) groups excluding carboxylic acids is 1. The predicted octanol–water partition coefficient (Wildman–Crippen LogP) is 2.91. The molecule has 1 aromatic rings. The normalized spacial score (nSPS) is 23.9. The van der Waals surface area contributed by atoms with Crippen LogP contribution in [0.2, 0.25) is 0 Å². The van der Waals surface area contributed by atoms with Crippen LogP contribution in [0.25, 0.3) is 0 Å². The maximum absolute atomic E-state index is 12.1. The molecule has 0 aromatic carbocycles. The molecule has 18 heavy (non-hydrogen) atoms. The van der Waals surface area contributed by atoms with E-state index in [0.29, 0.717) is 12.5 Å². The molecule has 0 bridgehead atoms. The van der Waals surface area contributed by atoms with Gasteiger partial charge in [-0.15, -0.1) is 11.3 Å². The van der Waals surface area contributed by atoms with Gasteiger partial charge in [0.2, 0.25) is 5.91 Å². The fourth-order valence-corrected chi connectivity index (χ4v) is 3.70. The minimum Gasteiger partial charge on any atom is -0.350 e. The van der Waals surface area contributed by atoms with Crippen LogP contribution in [0.15, 0.2) is 15.9 Å². The Balaban J connectivity index is 1.80. The van der Waals surface area contributed by atoms with Crippen molar-refractivity contribution in [3.8, 4) is 0 Å². The van der Waals surface area contributed by atoms with Crippen molar-refractivity contribution in [1.82, 2.24) is 10.6 Å². The lowest BCUT2D eigenvalue weighted by atomic mass is 9.90. The average molecular weight is 331 g/mol. The van der Waals surface area contributed by atoms with E-state index in [0.717, 1.165) is 17.4 Å². The highest BCUT2D eigenvalue weighted by molar-refractivity contribution is 9.10. The average Bonchev–Trinajstić information content (AvgIpc) is 2.82. The fourth-order valence-electron chi connectivity index (χ4n) is 2.31. The topological polar surface area (TPSA) is 41.1 Å². The third-order valence-electron chi connectivity index (χ3n) is 3.46. The van der Waals surface area contributed by atoms with Crippen molar-refractivity contribution in [2.45, 2.75) is 38.8 Å². The quantitative estimate of drug-likeness (QED) is 0.891. The summed E-state index contributed by atoms with van der Waals surface area (Å²) in [5.41, 5.74) is 0. The Bertz CT molecular complexity index is 407. The minimum atomic E-state index is -0.00731. The standard InChI is InChI=1S/C13H19BrN2OS/c1-2-9-3-4-15-12(5-9)13(17)16-7-11-6-10(14)8-18-11/h6,8-9,12,15H,2-5,7H2,1H3,(H,16,17). The van der Waals surface area contributed by atoms with E-state index in [1.54, 1.807) is 11.3 Å². The summed E-state index contributed by atoms with van der Waals surface area (Å²) >= 11 is 5.08. The summed E-state index contributed by atoms with van der Waals surface area (Å²) in [6.07, 6.45) is 3.33. The second-order valence-electron chi connectivity index (χ2n) is 4.75. The molecule has 1 aromatic heterocycles. The van der Waals surface area contributed by atoms with Crippen molar-refractivity contribution in [2.24, 2.45) is 5.92 Å². The van der Waals surface area contributed by atoms with Crippen LogP contribution in [0.5, 0.6) is 0 Å². The Morgan fingerprint density at radius 3 is 3.17 bits per heavy atom. The first-order chi connectivity index (χ1) is 8.69. The molecule has 1 aliphatic heterocycles. The van der Waals surface area contributed by atoms with Gasteiger partial charge in [0.1, 0.15) is 0 Å². The number of amides is 1. The van der Waals surface area contributed by atoms with Gasteiger partial charge < -0.3 is 10.6 Å². The number of hydrogen-bond donors (Lipinski definition) is 2. The van der Waals surface area contributed by atoms with Crippen molar-refractivity contribution in [1.29, 1.82) is 0 Å². The van der Waals surface area contributed by atoms with Crippen molar-refractivity contribution in [3.05, 3.63) is 20.8 Å². The Morgan fingerprint density at radius 2 is 2.50 bits per heavy atom. The van der Waals surface area contributed by atoms with Gasteiger partial charge in [-0.2, -0.15) is 0 Å². The summed E-state index contributed by atoms with van der Waals surface area (Å²) in [5.74, 6) is 0.829. The number of nitrogens with one attached hydrogen (secondary N) is 2. The van der Waals surface area contributed by atoms with Crippen LogP contribution in [-0.2, 0) is 11.3 Å². The molecule has 0 radical (unpaired) electrons. The summed E-state index contributed by atoms with van der Waals surface area (Å²) in [5, 5.41) is 8.36. The van der Waals surface area contributed by atoms with Crippen LogP contribution >= 0.6 is 27.3 Å². The number of halogens is 1. The van der Waals surface area contributed by atoms with Crippen molar-refractivity contribution >= 4 is 33.2 Å². The van der Waals surface area contributed by atoms with Gasteiger partial charge >= 0.3 is 0 Å². The largest absolute Gasteiger partial charge is 0.350 e. The molecule has 5 heteroatoms. The molecule has 0 aliphatic carbocycles. The van der Waals surface area contributed by atoms with E-state index in [-0.39, 0.29) is 11.9 Å². The van der Waals surface area contributed by atoms with Crippen molar-refractivity contribution < 1.29 is 4.79 Å². The number of piperidine rings is 1. The Labute approximate surface area is 120 Å². The van der Waals surface area contributed by atoms with E-state index in [1.165, 1.54) is 17.7 Å². The molecule has 0 spiro atoms. The smallest absolute Gasteiger partial charge is 0.237 e. The summed E-state index contributed by atoms with van der Waals surface area (Å²) in [6.45, 7) is 3.79. The van der Waals surface area contributed by atoms with Gasteiger partial charge in [0.25, 0.3) is 0 Å². The first-order valence-electron chi connectivity index (χ1n) is 6.43. The number of rotatable bonds is 4. The molecule has 2 unspecified atom stereocenters. The van der Waals surface area contributed by atoms with Gasteiger partial charge in [0.15, 0.2) is 0 Å². The summed E-state index contributed by atoms with van der Waals surface area (Å²) in [4.78, 5) is 13.2. The number of thiophene rings is 1. The third-order valence-corrected chi connectivity index (χ3v) is 5.16. The SMILES string of the molecule is CCC1CCNC(C(=O)NCc2cc(Br)cs2)C1. The minimum absolute atomic E-state index is 0.00731. The zero-order valence-corrected chi connectivity index (χ0v) is 12.9. The maximum Gasteiger partial charge on any atom is 0.237 e. The van der Waals surface area contributed by atoms with Gasteiger partial charge in [-0.25, -0.2) is 0 Å². The van der Waals surface area contributed by atoms with Gasteiger partial charge in [-0.1, -0.05) is 13.3 Å². The lowest BCUT2D eigenvalue weighted by Crippen LogP contribution is -2.48. The molecule has 1 saturated heterocycles. The zero-order chi connectivity index (χ0) is 13.0. The highest BCUT2D eigenvalue weighted by Gasteiger charge is 2.25. The van der Waals surface area contributed by atoms with Crippen LogP contribution in [-0.4, -0.2) is 18.5 Å².